The molecule has 6 aromatic rings. The molecule has 2 nitrogen and oxygen atoms in total. The second-order valence-electron chi connectivity index (χ2n) is 34.3. The molecular formula is C76H95BN2S. The molecular weight excluding hydrogens is 984 g/mol. The monoisotopic (exact) mass is 1080 g/mol. The van der Waals surface area contributed by atoms with Crippen molar-refractivity contribution in [1.82, 2.24) is 0 Å². The standard InChI is InChI=1S/C76H95BN2S/c1-43-27-50-54(72(11,12)23-19-68(50,3)4)36-59(43)78-61-38-56-53(71(9,10)22-25-74(56,15)16)35-58(61)77-65-62(78)32-48(76-40-45-29-46(41-76)31-47(30-45)42-76)33-63(65)79(60-37-55-51(28-44(60)2)69(5,6)20-24-73(55,13)14)66-49-34-52-57(39-64(49)80-67(66)77)75(17,18)26-21-70(52,7)8/h27-28,32-39,45-47H,19-26,29-31,40-42H2,1-18H3. The quantitative estimate of drug-likeness (QED) is 0.163. The third-order valence-electron chi connectivity index (χ3n) is 25.1. The van der Waals surface area contributed by atoms with Gasteiger partial charge in [-0.05, 0) is 285 Å². The molecule has 4 heteroatoms. The molecule has 0 atom stereocenters. The zero-order valence-corrected chi connectivity index (χ0v) is 53.6. The lowest BCUT2D eigenvalue weighted by molar-refractivity contribution is -0.00514. The minimum absolute atomic E-state index is 0.0616. The fourth-order valence-electron chi connectivity index (χ4n) is 19.8. The summed E-state index contributed by atoms with van der Waals surface area (Å²) in [5.41, 5.74) is 29.6. The topological polar surface area (TPSA) is 6.48 Å². The van der Waals surface area contributed by atoms with Gasteiger partial charge in [-0.2, -0.15) is 0 Å². The molecule has 0 spiro atoms. The molecule has 0 radical (unpaired) electrons. The van der Waals surface area contributed by atoms with Crippen molar-refractivity contribution in [2.75, 3.05) is 9.80 Å². The van der Waals surface area contributed by atoms with E-state index in [1.807, 2.05) is 0 Å². The van der Waals surface area contributed by atoms with Gasteiger partial charge in [0.1, 0.15) is 0 Å². The third-order valence-corrected chi connectivity index (χ3v) is 26.3. The number of nitrogens with zero attached hydrogens (tertiary/aromatic N) is 2. The molecule has 418 valence electrons. The van der Waals surface area contributed by atoms with E-state index in [9.17, 15) is 0 Å². The van der Waals surface area contributed by atoms with Crippen LogP contribution in [0.4, 0.5) is 34.1 Å². The third kappa shape index (κ3) is 7.20. The lowest BCUT2D eigenvalue weighted by Gasteiger charge is -2.57. The van der Waals surface area contributed by atoms with Gasteiger partial charge in [-0.1, -0.05) is 129 Å². The van der Waals surface area contributed by atoms with E-state index >= 15 is 0 Å². The van der Waals surface area contributed by atoms with E-state index in [1.165, 1.54) is 156 Å². The average molecular weight is 1080 g/mol. The number of hydrogen-bond acceptors (Lipinski definition) is 3. The molecule has 16 rings (SSSR count). The van der Waals surface area contributed by atoms with Crippen molar-refractivity contribution in [3.63, 3.8) is 0 Å². The van der Waals surface area contributed by atoms with Crippen LogP contribution in [0.2, 0.25) is 0 Å². The fraction of sp³-hybridized carbons (Fsp3) is 0.579. The van der Waals surface area contributed by atoms with Crippen LogP contribution in [0, 0.1) is 31.6 Å². The molecule has 8 aliphatic carbocycles. The molecule has 10 aliphatic rings. The first-order valence-electron chi connectivity index (χ1n) is 32.2. The maximum Gasteiger partial charge on any atom is 0.264 e. The Morgan fingerprint density at radius 3 is 1.18 bits per heavy atom. The molecule has 1 aromatic heterocycles. The Kier molecular flexibility index (Phi) is 10.6. The highest BCUT2D eigenvalue weighted by molar-refractivity contribution is 7.33. The minimum Gasteiger partial charge on any atom is -0.311 e. The summed E-state index contributed by atoms with van der Waals surface area (Å²) in [5, 5.41) is 1.47. The van der Waals surface area contributed by atoms with Crippen molar-refractivity contribution in [2.45, 2.75) is 263 Å². The maximum atomic E-state index is 2.95. The molecule has 4 saturated carbocycles. The Labute approximate surface area is 487 Å². The predicted octanol–water partition coefficient (Wildman–Crippen LogP) is 19.5. The van der Waals surface area contributed by atoms with E-state index in [-0.39, 0.29) is 55.4 Å². The number of anilines is 6. The number of fused-ring (bicyclic) bond motifs is 10. The Bertz CT molecular complexity index is 3680. The molecule has 0 N–H and O–H groups in total. The van der Waals surface area contributed by atoms with Crippen molar-refractivity contribution in [1.29, 1.82) is 0 Å². The molecule has 2 aliphatic heterocycles. The Morgan fingerprint density at radius 1 is 0.388 bits per heavy atom. The highest BCUT2D eigenvalue weighted by atomic mass is 32.1. The van der Waals surface area contributed by atoms with Gasteiger partial charge in [-0.15, -0.1) is 11.3 Å². The summed E-state index contributed by atoms with van der Waals surface area (Å²) in [5.74, 6) is 2.54. The Morgan fingerprint density at radius 2 is 0.738 bits per heavy atom. The van der Waals surface area contributed by atoms with Crippen LogP contribution < -0.4 is 25.5 Å². The smallest absolute Gasteiger partial charge is 0.264 e. The van der Waals surface area contributed by atoms with Crippen molar-refractivity contribution >= 4 is 78.0 Å². The van der Waals surface area contributed by atoms with Gasteiger partial charge in [-0.25, -0.2) is 0 Å². The van der Waals surface area contributed by atoms with Gasteiger partial charge in [0.25, 0.3) is 6.71 Å². The predicted molar refractivity (Wildman–Crippen MR) is 346 cm³/mol. The molecule has 80 heavy (non-hydrogen) atoms. The largest absolute Gasteiger partial charge is 0.311 e. The lowest BCUT2D eigenvalue weighted by atomic mass is 9.35. The summed E-state index contributed by atoms with van der Waals surface area (Å²) in [6.45, 7) is 45.7. The van der Waals surface area contributed by atoms with Crippen LogP contribution in [0.5, 0.6) is 0 Å². The van der Waals surface area contributed by atoms with Crippen LogP contribution in [0.1, 0.15) is 262 Å². The van der Waals surface area contributed by atoms with E-state index in [0.717, 1.165) is 17.8 Å². The van der Waals surface area contributed by atoms with Crippen LogP contribution in [0.3, 0.4) is 0 Å². The molecule has 5 aromatic carbocycles. The second kappa shape index (κ2) is 16.1. The normalized spacial score (nSPS) is 28.3. The molecule has 4 fully saturated rings. The summed E-state index contributed by atoms with van der Waals surface area (Å²) in [6.07, 6.45) is 18.1. The summed E-state index contributed by atoms with van der Waals surface area (Å²) >= 11 is 2.16. The summed E-state index contributed by atoms with van der Waals surface area (Å²) in [7, 11) is 0. The molecule has 0 saturated heterocycles. The number of rotatable bonds is 3. The van der Waals surface area contributed by atoms with Gasteiger partial charge in [0.2, 0.25) is 0 Å². The van der Waals surface area contributed by atoms with Gasteiger partial charge in [0.15, 0.2) is 0 Å². The van der Waals surface area contributed by atoms with Crippen LogP contribution in [0.25, 0.3) is 10.1 Å². The van der Waals surface area contributed by atoms with Gasteiger partial charge in [0, 0.05) is 43.3 Å². The first kappa shape index (κ1) is 52.5. The molecule has 4 bridgehead atoms. The summed E-state index contributed by atoms with van der Waals surface area (Å²) < 4.78 is 3.01. The Hall–Kier alpha value is -4.28. The van der Waals surface area contributed by atoms with Crippen LogP contribution in [-0.4, -0.2) is 6.71 Å². The van der Waals surface area contributed by atoms with Crippen LogP contribution in [0.15, 0.2) is 60.7 Å². The van der Waals surface area contributed by atoms with Gasteiger partial charge >= 0.3 is 0 Å². The minimum atomic E-state index is 0.0616. The van der Waals surface area contributed by atoms with E-state index in [4.69, 9.17) is 0 Å². The lowest BCUT2D eigenvalue weighted by Crippen LogP contribution is -2.61. The summed E-state index contributed by atoms with van der Waals surface area (Å²) in [6, 6.07) is 27.7. The first-order chi connectivity index (χ1) is 37.3. The number of benzene rings is 5. The van der Waals surface area contributed by atoms with E-state index in [2.05, 4.69) is 206 Å². The number of aryl methyl sites for hydroxylation is 2. The van der Waals surface area contributed by atoms with Crippen molar-refractivity contribution in [3.8, 4) is 0 Å². The summed E-state index contributed by atoms with van der Waals surface area (Å²) in [4.78, 5) is 5.87. The highest BCUT2D eigenvalue weighted by Gasteiger charge is 2.55. The molecule has 0 unspecified atom stereocenters. The number of hydrogen-bond donors (Lipinski definition) is 0. The molecule has 0 amide bonds. The van der Waals surface area contributed by atoms with Crippen molar-refractivity contribution in [2.24, 2.45) is 17.8 Å². The second-order valence-corrected chi connectivity index (χ2v) is 35.4. The maximum absolute atomic E-state index is 2.95. The van der Waals surface area contributed by atoms with Crippen molar-refractivity contribution < 1.29 is 0 Å². The number of thiophene rings is 1. The van der Waals surface area contributed by atoms with Crippen LogP contribution in [-0.2, 0) is 48.7 Å². The van der Waals surface area contributed by atoms with E-state index < -0.39 is 0 Å². The van der Waals surface area contributed by atoms with Crippen LogP contribution >= 0.6 is 11.3 Å². The SMILES string of the molecule is Cc1cc2c(cc1N1c3cc4c(cc3B3c5sc6cc7c(cc6c5N(c5cc6c(cc5C)C(C)(C)CCC6(C)C)c5cc(C68CC9CC(CC(C9)C6)C8)cc1c53)C(C)(C)CCC7(C)C)C(C)(C)CCC4(C)C)C(C)(C)CCC2(C)C. The zero-order chi connectivity index (χ0) is 56.3. The Balaban J connectivity index is 1.12. The van der Waals surface area contributed by atoms with E-state index in [0.29, 0.717) is 0 Å². The van der Waals surface area contributed by atoms with E-state index in [1.54, 1.807) is 54.8 Å². The fourth-order valence-corrected chi connectivity index (χ4v) is 21.1. The van der Waals surface area contributed by atoms with Gasteiger partial charge in [-0.3, -0.25) is 0 Å². The average Bonchev–Trinajstić information content (AvgIpc) is 3.67. The first-order valence-corrected chi connectivity index (χ1v) is 33.0. The van der Waals surface area contributed by atoms with Gasteiger partial charge < -0.3 is 9.80 Å². The molecule has 3 heterocycles. The zero-order valence-electron chi connectivity index (χ0n) is 52.8. The van der Waals surface area contributed by atoms with Crippen molar-refractivity contribution in [3.05, 3.63) is 122 Å². The highest BCUT2D eigenvalue weighted by Crippen LogP contribution is 2.64. The van der Waals surface area contributed by atoms with Gasteiger partial charge in [0.05, 0.1) is 5.69 Å².